The summed E-state index contributed by atoms with van der Waals surface area (Å²) in [5.41, 5.74) is 10.8. The van der Waals surface area contributed by atoms with Crippen molar-refractivity contribution in [1.29, 1.82) is 0 Å². The lowest BCUT2D eigenvalue weighted by molar-refractivity contribution is 0.0953. The summed E-state index contributed by atoms with van der Waals surface area (Å²) in [4.78, 5) is 18.9. The van der Waals surface area contributed by atoms with Gasteiger partial charge in [-0.1, -0.05) is 60.7 Å². The van der Waals surface area contributed by atoms with E-state index >= 15 is 0 Å². The number of nitrogens with zero attached hydrogens (tertiary/aromatic N) is 1. The van der Waals surface area contributed by atoms with Crippen LogP contribution >= 0.6 is 11.3 Å². The number of fused-ring (bicyclic) bond motifs is 1. The van der Waals surface area contributed by atoms with Crippen molar-refractivity contribution in [3.05, 3.63) is 95.8 Å². The molecule has 0 aliphatic carbocycles. The maximum absolute atomic E-state index is 12.9. The van der Waals surface area contributed by atoms with Crippen molar-refractivity contribution in [2.45, 2.75) is 6.54 Å². The Labute approximate surface area is 183 Å². The number of amides is 1. The number of anilines is 1. The Morgan fingerprint density at radius 2 is 1.68 bits per heavy atom. The van der Waals surface area contributed by atoms with Gasteiger partial charge in [0.2, 0.25) is 0 Å². The Kier molecular flexibility index (Phi) is 4.98. The van der Waals surface area contributed by atoms with E-state index in [1.807, 2.05) is 72.8 Å². The molecule has 0 atom stereocenters. The summed E-state index contributed by atoms with van der Waals surface area (Å²) in [6.45, 7) is 0.299. The van der Waals surface area contributed by atoms with Gasteiger partial charge >= 0.3 is 0 Å². The van der Waals surface area contributed by atoms with E-state index in [1.165, 1.54) is 11.3 Å². The van der Waals surface area contributed by atoms with E-state index in [1.54, 1.807) is 12.3 Å². The lowest BCUT2D eigenvalue weighted by Gasteiger charge is -2.09. The predicted molar refractivity (Wildman–Crippen MR) is 125 cm³/mol. The van der Waals surface area contributed by atoms with Crippen LogP contribution in [0.15, 0.2) is 89.5 Å². The molecule has 0 bridgehead atoms. The molecule has 152 valence electrons. The molecule has 0 saturated heterocycles. The number of hydrogen-bond acceptors (Lipinski definition) is 5. The molecule has 0 spiro atoms. The summed E-state index contributed by atoms with van der Waals surface area (Å²) in [7, 11) is 0. The van der Waals surface area contributed by atoms with E-state index in [4.69, 9.17) is 15.1 Å². The summed E-state index contributed by atoms with van der Waals surface area (Å²) < 4.78 is 5.30. The Balaban J connectivity index is 1.63. The average Bonchev–Trinajstić information content (AvgIpc) is 3.46. The minimum atomic E-state index is -0.239. The molecule has 0 aliphatic rings. The Hall–Kier alpha value is -3.90. The number of nitrogen functional groups attached to an aromatic ring is 1. The van der Waals surface area contributed by atoms with Gasteiger partial charge in [-0.15, -0.1) is 11.3 Å². The van der Waals surface area contributed by atoms with Gasteiger partial charge in [-0.05, 0) is 29.3 Å². The van der Waals surface area contributed by atoms with Crippen LogP contribution in [0.1, 0.15) is 15.4 Å². The molecule has 0 saturated carbocycles. The molecule has 2 aromatic carbocycles. The fraction of sp³-hybridized carbons (Fsp3) is 0.0400. The van der Waals surface area contributed by atoms with Crippen molar-refractivity contribution in [3.63, 3.8) is 0 Å². The number of thiophene rings is 1. The van der Waals surface area contributed by atoms with Crippen molar-refractivity contribution in [1.82, 2.24) is 10.3 Å². The molecule has 1 amide bonds. The van der Waals surface area contributed by atoms with Crippen LogP contribution < -0.4 is 11.1 Å². The van der Waals surface area contributed by atoms with Crippen LogP contribution in [0.5, 0.6) is 0 Å². The average molecular weight is 426 g/mol. The molecule has 3 heterocycles. The first-order chi connectivity index (χ1) is 15.2. The summed E-state index contributed by atoms with van der Waals surface area (Å²) >= 11 is 1.31. The molecular weight excluding hydrogens is 406 g/mol. The number of rotatable bonds is 5. The molecule has 0 aliphatic heterocycles. The van der Waals surface area contributed by atoms with E-state index in [-0.39, 0.29) is 5.91 Å². The first-order valence-electron chi connectivity index (χ1n) is 9.85. The third-order valence-corrected chi connectivity index (χ3v) is 6.16. The number of carbonyl (C=O) groups is 1. The van der Waals surface area contributed by atoms with Crippen LogP contribution in [0.3, 0.4) is 0 Å². The number of aromatic nitrogens is 1. The fourth-order valence-corrected chi connectivity index (χ4v) is 4.59. The number of nitrogens with two attached hydrogens (primary N) is 1. The third-order valence-electron chi connectivity index (χ3n) is 5.06. The summed E-state index contributed by atoms with van der Waals surface area (Å²) in [6, 6.07) is 25.7. The largest absolute Gasteiger partial charge is 0.467 e. The van der Waals surface area contributed by atoms with E-state index in [0.29, 0.717) is 22.9 Å². The number of furan rings is 1. The minimum absolute atomic E-state index is 0.239. The lowest BCUT2D eigenvalue weighted by atomic mass is 9.99. The molecule has 6 heteroatoms. The standard InChI is InChI=1S/C25H19N3O2S/c26-22-21-19(16-8-3-1-4-9-16)14-20(17-10-5-2-6-11-17)28-25(21)31-23(22)24(29)27-15-18-12-7-13-30-18/h1-14H,15,26H2,(H,27,29). The first kappa shape index (κ1) is 19.1. The molecule has 5 rings (SSSR count). The van der Waals surface area contributed by atoms with Crippen LogP contribution in [-0.2, 0) is 6.54 Å². The SMILES string of the molecule is Nc1c(C(=O)NCc2ccco2)sc2nc(-c3ccccc3)cc(-c3ccccc3)c12. The zero-order valence-electron chi connectivity index (χ0n) is 16.5. The van der Waals surface area contributed by atoms with Crippen LogP contribution in [0.2, 0.25) is 0 Å². The maximum atomic E-state index is 12.9. The van der Waals surface area contributed by atoms with Crippen molar-refractivity contribution >= 4 is 33.1 Å². The topological polar surface area (TPSA) is 81.2 Å². The Morgan fingerprint density at radius 3 is 2.35 bits per heavy atom. The fourth-order valence-electron chi connectivity index (χ4n) is 3.55. The minimum Gasteiger partial charge on any atom is -0.467 e. The highest BCUT2D eigenvalue weighted by molar-refractivity contribution is 7.21. The predicted octanol–water partition coefficient (Wildman–Crippen LogP) is 5.74. The number of hydrogen-bond donors (Lipinski definition) is 2. The van der Waals surface area contributed by atoms with Crippen LogP contribution in [0.25, 0.3) is 32.6 Å². The zero-order chi connectivity index (χ0) is 21.2. The lowest BCUT2D eigenvalue weighted by Crippen LogP contribution is -2.22. The second-order valence-corrected chi connectivity index (χ2v) is 8.07. The molecule has 3 aromatic heterocycles. The van der Waals surface area contributed by atoms with Gasteiger partial charge in [-0.2, -0.15) is 0 Å². The Morgan fingerprint density at radius 1 is 0.968 bits per heavy atom. The van der Waals surface area contributed by atoms with E-state index in [0.717, 1.165) is 32.6 Å². The third kappa shape index (κ3) is 3.69. The van der Waals surface area contributed by atoms with Gasteiger partial charge in [-0.3, -0.25) is 4.79 Å². The quantitative estimate of drug-likeness (QED) is 0.376. The second-order valence-electron chi connectivity index (χ2n) is 7.07. The normalized spacial score (nSPS) is 11.0. The van der Waals surface area contributed by atoms with E-state index < -0.39 is 0 Å². The number of carbonyl (C=O) groups excluding carboxylic acids is 1. The molecule has 31 heavy (non-hydrogen) atoms. The molecule has 5 aromatic rings. The second kappa shape index (κ2) is 8.08. The van der Waals surface area contributed by atoms with Gasteiger partial charge in [0.15, 0.2) is 0 Å². The van der Waals surface area contributed by atoms with Crippen molar-refractivity contribution in [2.24, 2.45) is 0 Å². The van der Waals surface area contributed by atoms with Crippen molar-refractivity contribution in [3.8, 4) is 22.4 Å². The molecule has 3 N–H and O–H groups in total. The summed E-state index contributed by atoms with van der Waals surface area (Å²) in [5.74, 6) is 0.444. The molecule has 5 nitrogen and oxygen atoms in total. The van der Waals surface area contributed by atoms with Gasteiger partial charge in [0.25, 0.3) is 5.91 Å². The molecule has 0 unspecified atom stereocenters. The highest BCUT2D eigenvalue weighted by atomic mass is 32.1. The number of benzene rings is 2. The maximum Gasteiger partial charge on any atom is 0.263 e. The van der Waals surface area contributed by atoms with E-state index in [9.17, 15) is 4.79 Å². The molecular formula is C25H19N3O2S. The number of pyridine rings is 1. The van der Waals surface area contributed by atoms with Crippen LogP contribution in [0.4, 0.5) is 5.69 Å². The van der Waals surface area contributed by atoms with Gasteiger partial charge in [0.1, 0.15) is 15.5 Å². The van der Waals surface area contributed by atoms with Crippen molar-refractivity contribution in [2.75, 3.05) is 5.73 Å². The van der Waals surface area contributed by atoms with Crippen molar-refractivity contribution < 1.29 is 9.21 Å². The van der Waals surface area contributed by atoms with Gasteiger partial charge in [0.05, 0.1) is 24.2 Å². The van der Waals surface area contributed by atoms with Crippen LogP contribution in [-0.4, -0.2) is 10.9 Å². The first-order valence-corrected chi connectivity index (χ1v) is 10.7. The highest BCUT2D eigenvalue weighted by Gasteiger charge is 2.21. The van der Waals surface area contributed by atoms with Crippen LogP contribution in [0, 0.1) is 0 Å². The molecule has 0 radical (unpaired) electrons. The summed E-state index contributed by atoms with van der Waals surface area (Å²) in [6.07, 6.45) is 1.58. The monoisotopic (exact) mass is 425 g/mol. The highest BCUT2D eigenvalue weighted by Crippen LogP contribution is 2.41. The van der Waals surface area contributed by atoms with Gasteiger partial charge < -0.3 is 15.5 Å². The van der Waals surface area contributed by atoms with E-state index in [2.05, 4.69) is 5.32 Å². The summed E-state index contributed by atoms with van der Waals surface area (Å²) in [5, 5.41) is 3.68. The Bertz CT molecular complexity index is 1340. The number of nitrogens with one attached hydrogen (secondary N) is 1. The zero-order valence-corrected chi connectivity index (χ0v) is 17.4. The van der Waals surface area contributed by atoms with Gasteiger partial charge in [-0.25, -0.2) is 4.98 Å². The van der Waals surface area contributed by atoms with Gasteiger partial charge in [0, 0.05) is 10.9 Å². The smallest absolute Gasteiger partial charge is 0.263 e. The molecule has 0 fully saturated rings.